The first-order valence-corrected chi connectivity index (χ1v) is 9.35. The summed E-state index contributed by atoms with van der Waals surface area (Å²) in [5.74, 6) is 0.791. The van der Waals surface area contributed by atoms with Crippen LogP contribution in [-0.2, 0) is 0 Å². The third kappa shape index (κ3) is 4.36. The molecule has 0 N–H and O–H groups in total. The molecular formula is C26H20O3. The summed E-state index contributed by atoms with van der Waals surface area (Å²) in [4.78, 5) is 12.3. The fourth-order valence-electron chi connectivity index (χ4n) is 3.14. The van der Waals surface area contributed by atoms with Crippen LogP contribution in [0.1, 0.15) is 21.5 Å². The highest BCUT2D eigenvalue weighted by atomic mass is 16.5. The lowest BCUT2D eigenvalue weighted by Gasteiger charge is -2.09. The molecule has 4 aromatic carbocycles. The Morgan fingerprint density at radius 3 is 2.31 bits per heavy atom. The summed E-state index contributed by atoms with van der Waals surface area (Å²) in [5.41, 5.74) is 2.42. The van der Waals surface area contributed by atoms with Gasteiger partial charge in [0.25, 0.3) is 0 Å². The number of fused-ring (bicyclic) bond motifs is 1. The second-order valence-electron chi connectivity index (χ2n) is 6.60. The molecule has 0 fully saturated rings. The summed E-state index contributed by atoms with van der Waals surface area (Å²) in [6.07, 6.45) is 3.98. The van der Waals surface area contributed by atoms with Crippen LogP contribution < -0.4 is 9.47 Å². The first-order chi connectivity index (χ1) is 14.2. The monoisotopic (exact) mass is 380 g/mol. The van der Waals surface area contributed by atoms with E-state index >= 15 is 0 Å². The fraction of sp³-hybridized carbons (Fsp3) is 0.0385. The minimum absolute atomic E-state index is 0.389. The number of methoxy groups -OCH3 is 1. The van der Waals surface area contributed by atoms with Crippen LogP contribution in [0.3, 0.4) is 0 Å². The molecule has 0 amide bonds. The van der Waals surface area contributed by atoms with Gasteiger partial charge < -0.3 is 9.47 Å². The molecule has 0 unspecified atom stereocenters. The third-order valence-corrected chi connectivity index (χ3v) is 4.65. The lowest BCUT2D eigenvalue weighted by Crippen LogP contribution is -2.08. The molecule has 0 atom stereocenters. The van der Waals surface area contributed by atoms with E-state index in [-0.39, 0.29) is 5.97 Å². The average Bonchev–Trinajstić information content (AvgIpc) is 2.78. The van der Waals surface area contributed by atoms with E-state index in [0.717, 1.165) is 11.1 Å². The van der Waals surface area contributed by atoms with Gasteiger partial charge in [0.2, 0.25) is 0 Å². The Morgan fingerprint density at radius 1 is 0.759 bits per heavy atom. The first kappa shape index (κ1) is 18.5. The molecule has 0 aliphatic carbocycles. The maximum atomic E-state index is 12.3. The zero-order chi connectivity index (χ0) is 20.1. The summed E-state index contributed by atoms with van der Waals surface area (Å²) in [5, 5.41) is 2.39. The van der Waals surface area contributed by atoms with Gasteiger partial charge in [-0.25, -0.2) is 4.79 Å². The van der Waals surface area contributed by atoms with Crippen molar-refractivity contribution in [3.8, 4) is 11.5 Å². The zero-order valence-corrected chi connectivity index (χ0v) is 16.0. The predicted octanol–water partition coefficient (Wildman–Crippen LogP) is 6.24. The van der Waals surface area contributed by atoms with Crippen LogP contribution in [0, 0.1) is 0 Å². The van der Waals surface area contributed by atoms with Gasteiger partial charge in [0, 0.05) is 5.56 Å². The van der Waals surface area contributed by atoms with Crippen molar-refractivity contribution in [2.24, 2.45) is 0 Å². The second-order valence-corrected chi connectivity index (χ2v) is 6.60. The van der Waals surface area contributed by atoms with Crippen molar-refractivity contribution in [3.05, 3.63) is 108 Å². The van der Waals surface area contributed by atoms with Crippen molar-refractivity contribution in [1.29, 1.82) is 0 Å². The average molecular weight is 380 g/mol. The van der Waals surface area contributed by atoms with Crippen LogP contribution in [-0.4, -0.2) is 13.1 Å². The Morgan fingerprint density at radius 2 is 1.52 bits per heavy atom. The smallest absolute Gasteiger partial charge is 0.343 e. The summed E-state index contributed by atoms with van der Waals surface area (Å²) in [6, 6.07) is 28.8. The van der Waals surface area contributed by atoms with Crippen LogP contribution in [0.15, 0.2) is 91.0 Å². The summed E-state index contributed by atoms with van der Waals surface area (Å²) >= 11 is 0. The number of carbonyl (C=O) groups excluding carboxylic acids is 1. The van der Waals surface area contributed by atoms with E-state index in [1.807, 2.05) is 42.5 Å². The van der Waals surface area contributed by atoms with Gasteiger partial charge in [-0.1, -0.05) is 66.7 Å². The number of carbonyl (C=O) groups is 1. The Hall–Kier alpha value is -3.85. The lowest BCUT2D eigenvalue weighted by atomic mass is 10.1. The molecule has 0 aliphatic heterocycles. The highest BCUT2D eigenvalue weighted by Crippen LogP contribution is 2.27. The van der Waals surface area contributed by atoms with Crippen molar-refractivity contribution in [2.75, 3.05) is 7.11 Å². The standard InChI is InChI=1S/C26H20O3/c1-28-25-16-15-24(29-26(27)21-8-3-2-4-9-21)18-23(25)14-12-19-11-13-20-7-5-6-10-22(20)17-19/h2-18H,1H3/b14-12+. The maximum absolute atomic E-state index is 12.3. The third-order valence-electron chi connectivity index (χ3n) is 4.65. The molecule has 0 bridgehead atoms. The van der Waals surface area contributed by atoms with Gasteiger partial charge >= 0.3 is 5.97 Å². The normalized spacial score (nSPS) is 10.9. The number of esters is 1. The van der Waals surface area contributed by atoms with Crippen molar-refractivity contribution >= 4 is 28.9 Å². The Labute approximate surface area is 169 Å². The van der Waals surface area contributed by atoms with Crippen LogP contribution >= 0.6 is 0 Å². The Kier molecular flexibility index (Phi) is 5.39. The van der Waals surface area contributed by atoms with Crippen LogP contribution in [0.25, 0.3) is 22.9 Å². The number of ether oxygens (including phenoxy) is 2. The molecule has 0 spiro atoms. The number of benzene rings is 4. The zero-order valence-electron chi connectivity index (χ0n) is 16.0. The van der Waals surface area contributed by atoms with Gasteiger partial charge in [-0.2, -0.15) is 0 Å². The number of hydrogen-bond acceptors (Lipinski definition) is 3. The van der Waals surface area contributed by atoms with Crippen LogP contribution in [0.5, 0.6) is 11.5 Å². The summed E-state index contributed by atoms with van der Waals surface area (Å²) in [7, 11) is 1.62. The number of hydrogen-bond donors (Lipinski definition) is 0. The number of rotatable bonds is 5. The van der Waals surface area contributed by atoms with Crippen molar-refractivity contribution in [3.63, 3.8) is 0 Å². The SMILES string of the molecule is COc1ccc(OC(=O)c2ccccc2)cc1/C=C/c1ccc2ccccc2c1. The van der Waals surface area contributed by atoms with E-state index in [9.17, 15) is 4.79 Å². The Balaban J connectivity index is 1.59. The Bertz CT molecular complexity index is 1180. The predicted molar refractivity (Wildman–Crippen MR) is 117 cm³/mol. The first-order valence-electron chi connectivity index (χ1n) is 9.35. The maximum Gasteiger partial charge on any atom is 0.343 e. The molecule has 0 aliphatic rings. The van der Waals surface area contributed by atoms with E-state index in [4.69, 9.17) is 9.47 Å². The van der Waals surface area contributed by atoms with Gasteiger partial charge in [-0.15, -0.1) is 0 Å². The fourth-order valence-corrected chi connectivity index (χ4v) is 3.14. The van der Waals surface area contributed by atoms with Gasteiger partial charge in [-0.3, -0.25) is 0 Å². The van der Waals surface area contributed by atoms with Gasteiger partial charge in [0.05, 0.1) is 12.7 Å². The van der Waals surface area contributed by atoms with Gasteiger partial charge in [0.15, 0.2) is 0 Å². The molecule has 0 aromatic heterocycles. The molecule has 29 heavy (non-hydrogen) atoms. The quantitative estimate of drug-likeness (QED) is 0.234. The molecule has 0 saturated carbocycles. The molecule has 0 saturated heterocycles. The molecule has 3 heteroatoms. The molecule has 0 heterocycles. The molecule has 0 radical (unpaired) electrons. The molecule has 4 aromatic rings. The minimum Gasteiger partial charge on any atom is -0.496 e. The largest absolute Gasteiger partial charge is 0.496 e. The molecule has 3 nitrogen and oxygen atoms in total. The van der Waals surface area contributed by atoms with E-state index < -0.39 is 0 Å². The van der Waals surface area contributed by atoms with Crippen molar-refractivity contribution < 1.29 is 14.3 Å². The van der Waals surface area contributed by atoms with Gasteiger partial charge in [0.1, 0.15) is 11.5 Å². The van der Waals surface area contributed by atoms with Crippen LogP contribution in [0.4, 0.5) is 0 Å². The van der Waals surface area contributed by atoms with Crippen molar-refractivity contribution in [1.82, 2.24) is 0 Å². The molecular weight excluding hydrogens is 360 g/mol. The van der Waals surface area contributed by atoms with Gasteiger partial charge in [-0.05, 0) is 52.7 Å². The lowest BCUT2D eigenvalue weighted by molar-refractivity contribution is 0.0734. The molecule has 142 valence electrons. The minimum atomic E-state index is -0.389. The summed E-state index contributed by atoms with van der Waals surface area (Å²) < 4.78 is 11.0. The van der Waals surface area contributed by atoms with Crippen molar-refractivity contribution in [2.45, 2.75) is 0 Å². The van der Waals surface area contributed by atoms with E-state index in [0.29, 0.717) is 17.1 Å². The second kappa shape index (κ2) is 8.44. The van der Waals surface area contributed by atoms with Crippen LogP contribution in [0.2, 0.25) is 0 Å². The van der Waals surface area contributed by atoms with E-state index in [1.165, 1.54) is 10.8 Å². The van der Waals surface area contributed by atoms with E-state index in [1.54, 1.807) is 37.4 Å². The topological polar surface area (TPSA) is 35.5 Å². The molecule has 4 rings (SSSR count). The summed E-state index contributed by atoms with van der Waals surface area (Å²) in [6.45, 7) is 0. The highest BCUT2D eigenvalue weighted by molar-refractivity contribution is 5.91. The highest BCUT2D eigenvalue weighted by Gasteiger charge is 2.09. The van der Waals surface area contributed by atoms with E-state index in [2.05, 4.69) is 30.3 Å².